The first-order chi connectivity index (χ1) is 11.2. The third kappa shape index (κ3) is 6.44. The van der Waals surface area contributed by atoms with Crippen LogP contribution < -0.4 is 0 Å². The Morgan fingerprint density at radius 3 is 2.38 bits per heavy atom. The van der Waals surface area contributed by atoms with Crippen molar-refractivity contribution in [3.05, 3.63) is 66.3 Å². The molecule has 2 nitrogen and oxygen atoms in total. The highest BCUT2D eigenvalue weighted by atomic mass is 19.4. The van der Waals surface area contributed by atoms with Crippen molar-refractivity contribution >= 4 is 12.0 Å². The summed E-state index contributed by atoms with van der Waals surface area (Å²) in [6, 6.07) is 4.92. The van der Waals surface area contributed by atoms with Crippen LogP contribution in [0.15, 0.2) is 55.1 Å². The second-order valence-electron chi connectivity index (χ2n) is 5.52. The molecule has 5 heteroatoms. The van der Waals surface area contributed by atoms with Gasteiger partial charge in [-0.25, -0.2) is 4.79 Å². The molecule has 0 unspecified atom stereocenters. The maximum atomic E-state index is 12.5. The van der Waals surface area contributed by atoms with Gasteiger partial charge in [0, 0.05) is 11.5 Å². The van der Waals surface area contributed by atoms with Gasteiger partial charge in [0.05, 0.1) is 12.2 Å². The van der Waals surface area contributed by atoms with E-state index in [9.17, 15) is 18.0 Å². The lowest BCUT2D eigenvalue weighted by Gasteiger charge is -2.19. The van der Waals surface area contributed by atoms with Crippen LogP contribution in [0.3, 0.4) is 0 Å². The molecule has 0 aliphatic carbocycles. The molecular formula is C19H21F3O2. The van der Waals surface area contributed by atoms with Gasteiger partial charge in [0.2, 0.25) is 0 Å². The first kappa shape index (κ1) is 19.7. The summed E-state index contributed by atoms with van der Waals surface area (Å²) in [5.41, 5.74) is -0.444. The van der Waals surface area contributed by atoms with Crippen molar-refractivity contribution in [2.75, 3.05) is 6.61 Å². The molecule has 1 atom stereocenters. The molecule has 0 N–H and O–H groups in total. The van der Waals surface area contributed by atoms with Crippen LogP contribution in [0.5, 0.6) is 0 Å². The van der Waals surface area contributed by atoms with Gasteiger partial charge in [0.1, 0.15) is 0 Å². The summed E-state index contributed by atoms with van der Waals surface area (Å²) in [5, 5.41) is 0. The monoisotopic (exact) mass is 338 g/mol. The fraction of sp³-hybridized carbons (Fsp3) is 0.316. The Labute approximate surface area is 140 Å². The van der Waals surface area contributed by atoms with E-state index in [1.54, 1.807) is 25.2 Å². The number of allylic oxidation sites excluding steroid dienone is 3. The number of hydrogen-bond acceptors (Lipinski definition) is 2. The summed E-state index contributed by atoms with van der Waals surface area (Å²) in [5.74, 6) is -0.407. The van der Waals surface area contributed by atoms with Gasteiger partial charge >= 0.3 is 12.1 Å². The smallest absolute Gasteiger partial charge is 0.416 e. The van der Waals surface area contributed by atoms with E-state index in [0.29, 0.717) is 18.6 Å². The average molecular weight is 338 g/mol. The van der Waals surface area contributed by atoms with E-state index in [1.807, 2.05) is 13.0 Å². The van der Waals surface area contributed by atoms with E-state index >= 15 is 0 Å². The standard InChI is InChI=1S/C19H21F3O2/c1-4-18(3,13-6-7-17(23)24-5-2)14-12-15-8-10-16(11-9-15)19(20,21)22/h4,6-12,14H,1,5,13H2,2-3H3/b7-6+,14-12+/t18-/m1/s1. The van der Waals surface area contributed by atoms with Gasteiger partial charge in [-0.1, -0.05) is 43.4 Å². The Bertz CT molecular complexity index is 612. The number of hydrogen-bond donors (Lipinski definition) is 0. The van der Waals surface area contributed by atoms with Crippen LogP contribution in [0.25, 0.3) is 6.08 Å². The van der Waals surface area contributed by atoms with E-state index in [0.717, 1.165) is 12.1 Å². The van der Waals surface area contributed by atoms with E-state index < -0.39 is 23.1 Å². The Morgan fingerprint density at radius 2 is 1.88 bits per heavy atom. The van der Waals surface area contributed by atoms with E-state index in [-0.39, 0.29) is 0 Å². The Kier molecular flexibility index (Phi) is 7.01. The van der Waals surface area contributed by atoms with E-state index in [4.69, 9.17) is 4.74 Å². The molecular weight excluding hydrogens is 317 g/mol. The maximum absolute atomic E-state index is 12.5. The lowest BCUT2D eigenvalue weighted by Crippen LogP contribution is -2.08. The van der Waals surface area contributed by atoms with Gasteiger partial charge < -0.3 is 4.74 Å². The number of halogens is 3. The quantitative estimate of drug-likeness (QED) is 0.377. The van der Waals surface area contributed by atoms with Gasteiger partial charge in [-0.2, -0.15) is 13.2 Å². The molecule has 0 fully saturated rings. The number of esters is 1. The van der Waals surface area contributed by atoms with Crippen LogP contribution in [0, 0.1) is 5.41 Å². The Hall–Kier alpha value is -2.30. The average Bonchev–Trinajstić information content (AvgIpc) is 2.53. The number of ether oxygens (including phenoxy) is 1. The molecule has 0 bridgehead atoms. The predicted octanol–water partition coefficient (Wildman–Crippen LogP) is 5.42. The van der Waals surface area contributed by atoms with Crippen LogP contribution in [0.1, 0.15) is 31.4 Å². The molecule has 1 rings (SSSR count). The fourth-order valence-corrected chi connectivity index (χ4v) is 1.89. The summed E-state index contributed by atoms with van der Waals surface area (Å²) in [6.07, 6.45) is 4.54. The topological polar surface area (TPSA) is 26.3 Å². The maximum Gasteiger partial charge on any atom is 0.416 e. The minimum Gasteiger partial charge on any atom is -0.463 e. The van der Waals surface area contributed by atoms with Crippen molar-refractivity contribution < 1.29 is 22.7 Å². The molecule has 0 spiro atoms. The molecule has 0 saturated carbocycles. The first-order valence-electron chi connectivity index (χ1n) is 7.53. The van der Waals surface area contributed by atoms with Crippen LogP contribution in [0.2, 0.25) is 0 Å². The van der Waals surface area contributed by atoms with Crippen molar-refractivity contribution in [1.82, 2.24) is 0 Å². The van der Waals surface area contributed by atoms with Gasteiger partial charge in [-0.15, -0.1) is 6.58 Å². The third-order valence-electron chi connectivity index (χ3n) is 3.46. The molecule has 0 aromatic heterocycles. The molecule has 1 aromatic carbocycles. The first-order valence-corrected chi connectivity index (χ1v) is 7.53. The van der Waals surface area contributed by atoms with Gasteiger partial charge in [0.25, 0.3) is 0 Å². The Morgan fingerprint density at radius 1 is 1.25 bits per heavy atom. The molecule has 1 aromatic rings. The fourth-order valence-electron chi connectivity index (χ4n) is 1.89. The molecule has 0 saturated heterocycles. The highest BCUT2D eigenvalue weighted by Crippen LogP contribution is 2.30. The van der Waals surface area contributed by atoms with E-state index in [2.05, 4.69) is 6.58 Å². The summed E-state index contributed by atoms with van der Waals surface area (Å²) in [4.78, 5) is 11.3. The second-order valence-corrected chi connectivity index (χ2v) is 5.52. The number of carbonyl (C=O) groups is 1. The molecule has 24 heavy (non-hydrogen) atoms. The summed E-state index contributed by atoms with van der Waals surface area (Å²) < 4.78 is 42.4. The zero-order valence-electron chi connectivity index (χ0n) is 13.8. The lowest BCUT2D eigenvalue weighted by molar-refractivity contribution is -0.138. The normalized spacial score (nSPS) is 14.7. The molecule has 0 amide bonds. The van der Waals surface area contributed by atoms with E-state index in [1.165, 1.54) is 18.2 Å². The van der Waals surface area contributed by atoms with Crippen LogP contribution in [-0.2, 0) is 15.7 Å². The Balaban J connectivity index is 2.77. The number of alkyl halides is 3. The number of rotatable bonds is 7. The largest absolute Gasteiger partial charge is 0.463 e. The van der Waals surface area contributed by atoms with Crippen LogP contribution >= 0.6 is 0 Å². The van der Waals surface area contributed by atoms with Crippen molar-refractivity contribution in [1.29, 1.82) is 0 Å². The van der Waals surface area contributed by atoms with Crippen molar-refractivity contribution in [3.63, 3.8) is 0 Å². The predicted molar refractivity (Wildman–Crippen MR) is 89.2 cm³/mol. The van der Waals surface area contributed by atoms with Crippen molar-refractivity contribution in [2.24, 2.45) is 5.41 Å². The van der Waals surface area contributed by atoms with Gasteiger partial charge in [-0.3, -0.25) is 0 Å². The zero-order chi connectivity index (χ0) is 18.2. The number of carbonyl (C=O) groups excluding carboxylic acids is 1. The second kappa shape index (κ2) is 8.52. The highest BCUT2D eigenvalue weighted by Gasteiger charge is 2.29. The van der Waals surface area contributed by atoms with Crippen molar-refractivity contribution in [2.45, 2.75) is 26.4 Å². The molecule has 0 aliphatic heterocycles. The van der Waals surface area contributed by atoms with Crippen molar-refractivity contribution in [3.8, 4) is 0 Å². The summed E-state index contributed by atoms with van der Waals surface area (Å²) in [6.45, 7) is 7.73. The zero-order valence-corrected chi connectivity index (χ0v) is 13.8. The minimum absolute atomic E-state index is 0.315. The minimum atomic E-state index is -4.34. The molecule has 0 aliphatic rings. The SMILES string of the molecule is C=C[C@@](C)(/C=C/c1ccc(C(F)(F)F)cc1)C/C=C/C(=O)OCC. The molecule has 0 heterocycles. The van der Waals surface area contributed by atoms with Gasteiger partial charge in [0.15, 0.2) is 0 Å². The highest BCUT2D eigenvalue weighted by molar-refractivity contribution is 5.81. The third-order valence-corrected chi connectivity index (χ3v) is 3.46. The van der Waals surface area contributed by atoms with Gasteiger partial charge in [-0.05, 0) is 31.0 Å². The molecule has 0 radical (unpaired) electrons. The van der Waals surface area contributed by atoms with Crippen LogP contribution in [-0.4, -0.2) is 12.6 Å². The summed E-state index contributed by atoms with van der Waals surface area (Å²) >= 11 is 0. The lowest BCUT2D eigenvalue weighted by atomic mass is 9.86. The number of benzene rings is 1. The molecule has 130 valence electrons. The summed E-state index contributed by atoms with van der Waals surface area (Å²) in [7, 11) is 0. The van der Waals surface area contributed by atoms with Crippen LogP contribution in [0.4, 0.5) is 13.2 Å².